The normalized spacial score (nSPS) is 11.9. The maximum atomic E-state index is 12.0. The Kier molecular flexibility index (Phi) is 6.27. The number of nitrogens with one attached hydrogen (secondary N) is 1. The number of rotatable bonds is 6. The Bertz CT molecular complexity index is 481. The van der Waals surface area contributed by atoms with Crippen LogP contribution in [0.15, 0.2) is 22.7 Å². The van der Waals surface area contributed by atoms with Crippen molar-refractivity contribution >= 4 is 39.4 Å². The van der Waals surface area contributed by atoms with Gasteiger partial charge in [0.1, 0.15) is 6.04 Å². The number of carbonyl (C=O) groups is 2. The molecule has 1 aromatic rings. The average Bonchev–Trinajstić information content (AvgIpc) is 2.33. The van der Waals surface area contributed by atoms with E-state index in [1.807, 2.05) is 0 Å². The van der Waals surface area contributed by atoms with Gasteiger partial charge < -0.3 is 15.2 Å². The number of carbonyl (C=O) groups excluding carboxylic acids is 1. The summed E-state index contributed by atoms with van der Waals surface area (Å²) in [5.41, 5.74) is 0.327. The molecule has 0 aliphatic carbocycles. The molecule has 1 atom stereocenters. The molecule has 0 saturated heterocycles. The van der Waals surface area contributed by atoms with E-state index in [4.69, 9.17) is 21.4 Å². The van der Waals surface area contributed by atoms with Gasteiger partial charge in [0.2, 0.25) is 0 Å². The number of aliphatic carboxylic acids is 1. The summed E-state index contributed by atoms with van der Waals surface area (Å²) in [4.78, 5) is 23.0. The summed E-state index contributed by atoms with van der Waals surface area (Å²) >= 11 is 8.98. The quantitative estimate of drug-likeness (QED) is 0.825. The van der Waals surface area contributed by atoms with Crippen LogP contribution in [-0.2, 0) is 9.53 Å². The van der Waals surface area contributed by atoms with Crippen LogP contribution >= 0.6 is 27.5 Å². The molecule has 0 aromatic heterocycles. The Morgan fingerprint density at radius 2 is 2.21 bits per heavy atom. The Morgan fingerprint density at radius 1 is 1.53 bits per heavy atom. The fourth-order valence-electron chi connectivity index (χ4n) is 1.40. The topological polar surface area (TPSA) is 75.6 Å². The van der Waals surface area contributed by atoms with Crippen molar-refractivity contribution in [1.82, 2.24) is 5.32 Å². The monoisotopic (exact) mass is 349 g/mol. The molecule has 1 amide bonds. The molecule has 0 aliphatic heterocycles. The molecule has 2 N–H and O–H groups in total. The third-order valence-corrected chi connectivity index (χ3v) is 3.28. The molecule has 0 spiro atoms. The summed E-state index contributed by atoms with van der Waals surface area (Å²) in [7, 11) is 1.47. The van der Waals surface area contributed by atoms with Gasteiger partial charge >= 0.3 is 5.97 Å². The first-order valence-electron chi connectivity index (χ1n) is 5.43. The van der Waals surface area contributed by atoms with Crippen molar-refractivity contribution in [3.05, 3.63) is 33.3 Å². The first-order chi connectivity index (χ1) is 8.95. The zero-order valence-electron chi connectivity index (χ0n) is 10.2. The molecule has 0 aliphatic rings. The van der Waals surface area contributed by atoms with E-state index in [1.165, 1.54) is 13.2 Å². The number of carboxylic acid groups (broad SMARTS) is 1. The Balaban J connectivity index is 2.78. The van der Waals surface area contributed by atoms with E-state index in [0.717, 1.165) is 0 Å². The molecule has 0 bridgehead atoms. The van der Waals surface area contributed by atoms with Crippen LogP contribution < -0.4 is 5.32 Å². The number of benzene rings is 1. The second kappa shape index (κ2) is 7.47. The van der Waals surface area contributed by atoms with Crippen LogP contribution in [0.5, 0.6) is 0 Å². The van der Waals surface area contributed by atoms with E-state index in [0.29, 0.717) is 15.1 Å². The van der Waals surface area contributed by atoms with Crippen molar-refractivity contribution in [3.63, 3.8) is 0 Å². The molecule has 0 saturated carbocycles. The van der Waals surface area contributed by atoms with E-state index in [9.17, 15) is 9.59 Å². The number of hydrogen-bond acceptors (Lipinski definition) is 3. The zero-order chi connectivity index (χ0) is 14.4. The SMILES string of the molecule is COCCC(NC(=O)c1ccc(Cl)cc1Br)C(=O)O. The average molecular weight is 351 g/mol. The first-order valence-corrected chi connectivity index (χ1v) is 6.60. The van der Waals surface area contributed by atoms with Gasteiger partial charge in [-0.05, 0) is 34.1 Å². The van der Waals surface area contributed by atoms with Crippen LogP contribution in [0.25, 0.3) is 0 Å². The van der Waals surface area contributed by atoms with Gasteiger partial charge in [-0.15, -0.1) is 0 Å². The van der Waals surface area contributed by atoms with E-state index in [-0.39, 0.29) is 13.0 Å². The van der Waals surface area contributed by atoms with E-state index >= 15 is 0 Å². The van der Waals surface area contributed by atoms with Crippen LogP contribution in [0.4, 0.5) is 0 Å². The number of amides is 1. The second-order valence-electron chi connectivity index (χ2n) is 3.77. The highest BCUT2D eigenvalue weighted by atomic mass is 79.9. The fourth-order valence-corrected chi connectivity index (χ4v) is 2.27. The van der Waals surface area contributed by atoms with E-state index < -0.39 is 17.9 Å². The number of hydrogen-bond donors (Lipinski definition) is 2. The van der Waals surface area contributed by atoms with Crippen LogP contribution in [0.1, 0.15) is 16.8 Å². The summed E-state index contributed by atoms with van der Waals surface area (Å²) in [6.45, 7) is 0.249. The number of halogens is 2. The Morgan fingerprint density at radius 3 is 2.74 bits per heavy atom. The molecule has 5 nitrogen and oxygen atoms in total. The molecule has 104 valence electrons. The smallest absolute Gasteiger partial charge is 0.326 e. The van der Waals surface area contributed by atoms with E-state index in [2.05, 4.69) is 21.2 Å². The molecule has 0 radical (unpaired) electrons. The lowest BCUT2D eigenvalue weighted by molar-refractivity contribution is -0.139. The van der Waals surface area contributed by atoms with Crippen LogP contribution in [0.2, 0.25) is 5.02 Å². The first kappa shape index (κ1) is 15.9. The van der Waals surface area contributed by atoms with Gasteiger partial charge in [-0.1, -0.05) is 11.6 Å². The zero-order valence-corrected chi connectivity index (χ0v) is 12.5. The molecular formula is C12H13BrClNO4. The number of ether oxygens (including phenoxy) is 1. The van der Waals surface area contributed by atoms with Gasteiger partial charge in [0.15, 0.2) is 0 Å². The summed E-state index contributed by atoms with van der Waals surface area (Å²) in [5.74, 6) is -1.58. The summed E-state index contributed by atoms with van der Waals surface area (Å²) in [6, 6.07) is 3.67. The van der Waals surface area contributed by atoms with Crippen molar-refractivity contribution < 1.29 is 19.4 Å². The minimum absolute atomic E-state index is 0.197. The van der Waals surface area contributed by atoms with Gasteiger partial charge in [-0.2, -0.15) is 0 Å². The number of methoxy groups -OCH3 is 1. The maximum Gasteiger partial charge on any atom is 0.326 e. The molecule has 1 aromatic carbocycles. The van der Waals surface area contributed by atoms with Gasteiger partial charge in [0, 0.05) is 29.6 Å². The Labute approximate surface area is 124 Å². The van der Waals surface area contributed by atoms with Gasteiger partial charge in [-0.3, -0.25) is 4.79 Å². The van der Waals surface area contributed by atoms with Gasteiger partial charge in [0.25, 0.3) is 5.91 Å². The summed E-state index contributed by atoms with van der Waals surface area (Å²) < 4.78 is 5.32. The molecular weight excluding hydrogens is 337 g/mol. The lowest BCUT2D eigenvalue weighted by atomic mass is 10.1. The maximum absolute atomic E-state index is 12.0. The van der Waals surface area contributed by atoms with Crippen molar-refractivity contribution in [1.29, 1.82) is 0 Å². The third kappa shape index (κ3) is 4.81. The predicted molar refractivity (Wildman–Crippen MR) is 74.5 cm³/mol. The van der Waals surface area contributed by atoms with Gasteiger partial charge in [-0.25, -0.2) is 4.79 Å². The highest BCUT2D eigenvalue weighted by Crippen LogP contribution is 2.21. The fraction of sp³-hybridized carbons (Fsp3) is 0.333. The summed E-state index contributed by atoms with van der Waals surface area (Å²) in [6.07, 6.45) is 0.197. The minimum atomic E-state index is -1.10. The van der Waals surface area contributed by atoms with Crippen molar-refractivity contribution in [3.8, 4) is 0 Å². The lowest BCUT2D eigenvalue weighted by Gasteiger charge is -2.14. The highest BCUT2D eigenvalue weighted by molar-refractivity contribution is 9.10. The standard InChI is InChI=1S/C12H13BrClNO4/c1-19-5-4-10(12(17)18)15-11(16)8-3-2-7(14)6-9(8)13/h2-3,6,10H,4-5H2,1H3,(H,15,16)(H,17,18). The van der Waals surface area contributed by atoms with Crippen molar-refractivity contribution in [2.45, 2.75) is 12.5 Å². The van der Waals surface area contributed by atoms with Crippen molar-refractivity contribution in [2.24, 2.45) is 0 Å². The molecule has 7 heteroatoms. The molecule has 1 rings (SSSR count). The van der Waals surface area contributed by atoms with Crippen LogP contribution in [-0.4, -0.2) is 36.7 Å². The largest absolute Gasteiger partial charge is 0.480 e. The van der Waals surface area contributed by atoms with Crippen molar-refractivity contribution in [2.75, 3.05) is 13.7 Å². The highest BCUT2D eigenvalue weighted by Gasteiger charge is 2.21. The van der Waals surface area contributed by atoms with Crippen LogP contribution in [0.3, 0.4) is 0 Å². The lowest BCUT2D eigenvalue weighted by Crippen LogP contribution is -2.41. The second-order valence-corrected chi connectivity index (χ2v) is 5.06. The third-order valence-electron chi connectivity index (χ3n) is 2.39. The minimum Gasteiger partial charge on any atom is -0.480 e. The molecule has 19 heavy (non-hydrogen) atoms. The molecule has 0 fully saturated rings. The van der Waals surface area contributed by atoms with Crippen LogP contribution in [0, 0.1) is 0 Å². The molecule has 1 unspecified atom stereocenters. The van der Waals surface area contributed by atoms with Gasteiger partial charge in [0.05, 0.1) is 5.56 Å². The predicted octanol–water partition coefficient (Wildman–Crippen LogP) is 2.32. The molecule has 0 heterocycles. The van der Waals surface area contributed by atoms with E-state index in [1.54, 1.807) is 12.1 Å². The number of carboxylic acids is 1. The Hall–Kier alpha value is -1.11. The summed E-state index contributed by atoms with van der Waals surface area (Å²) in [5, 5.41) is 11.9.